The van der Waals surface area contributed by atoms with E-state index in [4.69, 9.17) is 22.1 Å². The first kappa shape index (κ1) is 19.6. The third kappa shape index (κ3) is 7.35. The van der Waals surface area contributed by atoms with E-state index in [9.17, 15) is 0 Å². The number of hydrazone groups is 1. The summed E-state index contributed by atoms with van der Waals surface area (Å²) in [5.74, 6) is 0. The number of thiocarbonyl (C=S) groups is 1. The molecule has 0 radical (unpaired) electrons. The molecule has 1 aliphatic heterocycles. The molecular formula is C17H27N5O2S. The van der Waals surface area contributed by atoms with E-state index in [1.54, 1.807) is 6.21 Å². The maximum absolute atomic E-state index is 8.96. The first-order chi connectivity index (χ1) is 12.2. The van der Waals surface area contributed by atoms with Crippen molar-refractivity contribution in [2.45, 2.75) is 0 Å². The molecule has 0 spiro atoms. The fourth-order valence-corrected chi connectivity index (χ4v) is 2.61. The van der Waals surface area contributed by atoms with Crippen LogP contribution in [0.1, 0.15) is 5.56 Å². The van der Waals surface area contributed by atoms with Crippen molar-refractivity contribution in [3.8, 4) is 0 Å². The summed E-state index contributed by atoms with van der Waals surface area (Å²) in [4.78, 5) is 4.34. The molecule has 8 heteroatoms. The molecule has 138 valence electrons. The Morgan fingerprint density at radius 3 is 2.76 bits per heavy atom. The van der Waals surface area contributed by atoms with Crippen molar-refractivity contribution in [3.05, 3.63) is 29.8 Å². The lowest BCUT2D eigenvalue weighted by molar-refractivity contribution is 0.0389. The minimum atomic E-state index is 0.139. The molecule has 3 N–H and O–H groups in total. The van der Waals surface area contributed by atoms with Crippen molar-refractivity contribution in [2.75, 3.05) is 64.5 Å². The van der Waals surface area contributed by atoms with Crippen LogP contribution >= 0.6 is 12.2 Å². The fraction of sp³-hybridized carbons (Fsp3) is 0.529. The van der Waals surface area contributed by atoms with Crippen LogP contribution in [0.3, 0.4) is 0 Å². The van der Waals surface area contributed by atoms with Crippen molar-refractivity contribution in [1.82, 2.24) is 15.6 Å². The lowest BCUT2D eigenvalue weighted by atomic mass is 10.2. The van der Waals surface area contributed by atoms with Crippen LogP contribution in [-0.2, 0) is 4.74 Å². The monoisotopic (exact) mass is 365 g/mol. The van der Waals surface area contributed by atoms with Gasteiger partial charge in [0.25, 0.3) is 0 Å². The highest BCUT2D eigenvalue weighted by Crippen LogP contribution is 2.12. The molecule has 0 aliphatic carbocycles. The van der Waals surface area contributed by atoms with Gasteiger partial charge in [-0.2, -0.15) is 5.10 Å². The molecule has 0 bridgehead atoms. The maximum Gasteiger partial charge on any atom is 0.187 e. The number of nitrogens with one attached hydrogen (secondary N) is 2. The first-order valence-electron chi connectivity index (χ1n) is 8.48. The highest BCUT2D eigenvalue weighted by atomic mass is 32.1. The largest absolute Gasteiger partial charge is 0.395 e. The highest BCUT2D eigenvalue weighted by Gasteiger charge is 2.09. The van der Waals surface area contributed by atoms with Crippen LogP contribution in [0.2, 0.25) is 0 Å². The summed E-state index contributed by atoms with van der Waals surface area (Å²) >= 11 is 5.21. The Morgan fingerprint density at radius 1 is 1.36 bits per heavy atom. The molecule has 0 unspecified atom stereocenters. The summed E-state index contributed by atoms with van der Waals surface area (Å²) in [6, 6.07) is 7.94. The molecule has 0 aromatic heterocycles. The van der Waals surface area contributed by atoms with Gasteiger partial charge < -0.3 is 20.1 Å². The van der Waals surface area contributed by atoms with Gasteiger partial charge >= 0.3 is 0 Å². The lowest BCUT2D eigenvalue weighted by Crippen LogP contribution is -2.42. The van der Waals surface area contributed by atoms with Gasteiger partial charge in [-0.3, -0.25) is 10.3 Å². The first-order valence-corrected chi connectivity index (χ1v) is 8.89. The van der Waals surface area contributed by atoms with Crippen molar-refractivity contribution in [2.24, 2.45) is 5.10 Å². The maximum atomic E-state index is 8.96. The molecule has 7 nitrogen and oxygen atoms in total. The van der Waals surface area contributed by atoms with Gasteiger partial charge in [0.05, 0.1) is 26.0 Å². The van der Waals surface area contributed by atoms with Gasteiger partial charge in [-0.15, -0.1) is 0 Å². The molecular weight excluding hydrogens is 338 g/mol. The molecule has 0 amide bonds. The second kappa shape index (κ2) is 11.0. The molecule has 1 fully saturated rings. The van der Waals surface area contributed by atoms with Gasteiger partial charge in [-0.25, -0.2) is 0 Å². The van der Waals surface area contributed by atoms with Crippen molar-refractivity contribution in [3.63, 3.8) is 0 Å². The van der Waals surface area contributed by atoms with Gasteiger partial charge in [0.2, 0.25) is 0 Å². The van der Waals surface area contributed by atoms with Crippen molar-refractivity contribution >= 4 is 29.2 Å². The zero-order valence-corrected chi connectivity index (χ0v) is 15.5. The van der Waals surface area contributed by atoms with Gasteiger partial charge in [0.1, 0.15) is 0 Å². The molecule has 1 aromatic carbocycles. The zero-order chi connectivity index (χ0) is 17.9. The summed E-state index contributed by atoms with van der Waals surface area (Å²) in [5.41, 5.74) is 4.86. The summed E-state index contributed by atoms with van der Waals surface area (Å²) in [6.45, 7) is 6.04. The molecule has 1 aliphatic rings. The highest BCUT2D eigenvalue weighted by molar-refractivity contribution is 7.80. The number of aliphatic hydroxyl groups excluding tert-OH is 1. The number of rotatable bonds is 8. The smallest absolute Gasteiger partial charge is 0.187 e. The van der Waals surface area contributed by atoms with Gasteiger partial charge in [0, 0.05) is 45.5 Å². The summed E-state index contributed by atoms with van der Waals surface area (Å²) < 4.78 is 5.32. The predicted octanol–water partition coefficient (Wildman–Crippen LogP) is 0.245. The van der Waals surface area contributed by atoms with E-state index < -0.39 is 0 Å². The number of anilines is 1. The summed E-state index contributed by atoms with van der Waals surface area (Å²) in [5, 5.41) is 16.8. The van der Waals surface area contributed by atoms with Crippen LogP contribution in [-0.4, -0.2) is 80.9 Å². The van der Waals surface area contributed by atoms with E-state index in [1.807, 2.05) is 36.2 Å². The molecule has 25 heavy (non-hydrogen) atoms. The van der Waals surface area contributed by atoms with Crippen LogP contribution in [0.25, 0.3) is 0 Å². The summed E-state index contributed by atoms with van der Waals surface area (Å²) in [6.07, 6.45) is 1.73. The van der Waals surface area contributed by atoms with E-state index in [-0.39, 0.29) is 6.61 Å². The standard InChI is InChI=1S/C17H27N5O2S/c1-21(8-11-23)16-4-2-15(3-5-16)14-19-20-17(25)18-6-7-22-9-12-24-13-10-22/h2-5,14,23H,6-13H2,1H3,(H2,18,20,25)/b19-14-. The van der Waals surface area contributed by atoms with Crippen LogP contribution in [0.5, 0.6) is 0 Å². The van der Waals surface area contributed by atoms with E-state index >= 15 is 0 Å². The number of nitrogens with zero attached hydrogens (tertiary/aromatic N) is 3. The Balaban J connectivity index is 1.66. The van der Waals surface area contributed by atoms with E-state index in [0.29, 0.717) is 11.7 Å². The van der Waals surface area contributed by atoms with Crippen molar-refractivity contribution < 1.29 is 9.84 Å². The number of hydrogen-bond donors (Lipinski definition) is 3. The van der Waals surface area contributed by atoms with E-state index in [0.717, 1.165) is 50.6 Å². The van der Waals surface area contributed by atoms with Crippen LogP contribution in [0, 0.1) is 0 Å². The van der Waals surface area contributed by atoms with Crippen LogP contribution < -0.4 is 15.6 Å². The van der Waals surface area contributed by atoms with E-state index in [2.05, 4.69) is 20.7 Å². The quantitative estimate of drug-likeness (QED) is 0.346. The number of morpholine rings is 1. The predicted molar refractivity (Wildman–Crippen MR) is 105 cm³/mol. The molecule has 1 saturated heterocycles. The van der Waals surface area contributed by atoms with Crippen LogP contribution in [0.4, 0.5) is 5.69 Å². The average molecular weight is 366 g/mol. The zero-order valence-electron chi connectivity index (χ0n) is 14.6. The van der Waals surface area contributed by atoms with Gasteiger partial charge in [0.15, 0.2) is 5.11 Å². The molecule has 1 aromatic rings. The molecule has 1 heterocycles. The number of likely N-dealkylation sites (N-methyl/N-ethyl adjacent to an activating group) is 1. The normalized spacial score (nSPS) is 15.3. The Bertz CT molecular complexity index is 546. The second-order valence-corrected chi connectivity index (χ2v) is 6.22. The van der Waals surface area contributed by atoms with Gasteiger partial charge in [-0.05, 0) is 29.9 Å². The Morgan fingerprint density at radius 2 is 2.08 bits per heavy atom. The molecule has 0 atom stereocenters. The third-order valence-electron chi connectivity index (χ3n) is 3.97. The van der Waals surface area contributed by atoms with Crippen LogP contribution in [0.15, 0.2) is 29.4 Å². The fourth-order valence-electron chi connectivity index (χ4n) is 2.45. The average Bonchev–Trinajstić information content (AvgIpc) is 2.63. The SMILES string of the molecule is CN(CCO)c1ccc(/C=N\NC(=S)NCCN2CCOCC2)cc1. The second-order valence-electron chi connectivity index (χ2n) is 5.82. The van der Waals surface area contributed by atoms with E-state index in [1.165, 1.54) is 0 Å². The minimum absolute atomic E-state index is 0.139. The Kier molecular flexibility index (Phi) is 8.61. The molecule has 0 saturated carbocycles. The third-order valence-corrected chi connectivity index (χ3v) is 4.20. The number of aliphatic hydroxyl groups is 1. The Hall–Kier alpha value is -1.74. The summed E-state index contributed by atoms with van der Waals surface area (Å²) in [7, 11) is 1.95. The topological polar surface area (TPSA) is 72.4 Å². The number of hydrogen-bond acceptors (Lipinski definition) is 6. The number of ether oxygens (including phenoxy) is 1. The van der Waals surface area contributed by atoms with Crippen molar-refractivity contribution in [1.29, 1.82) is 0 Å². The lowest BCUT2D eigenvalue weighted by Gasteiger charge is -2.26. The minimum Gasteiger partial charge on any atom is -0.395 e. The number of benzene rings is 1. The molecule has 2 rings (SSSR count). The van der Waals surface area contributed by atoms with Gasteiger partial charge in [-0.1, -0.05) is 12.1 Å². The Labute approximate surface area is 154 Å².